The second-order valence-electron chi connectivity index (χ2n) is 5.71. The van der Waals surface area contributed by atoms with Crippen molar-refractivity contribution in [1.82, 2.24) is 10.3 Å². The van der Waals surface area contributed by atoms with Gasteiger partial charge in [0.2, 0.25) is 0 Å². The number of unbranched alkanes of at least 4 members (excludes halogenated alkanes) is 4. The molecule has 0 amide bonds. The molecule has 2 nitrogen and oxygen atoms in total. The summed E-state index contributed by atoms with van der Waals surface area (Å²) >= 11 is 0. The van der Waals surface area contributed by atoms with Crippen LogP contribution in [0.1, 0.15) is 70.9 Å². The highest BCUT2D eigenvalue weighted by Gasteiger charge is 2.07. The molecule has 0 saturated heterocycles. The van der Waals surface area contributed by atoms with Gasteiger partial charge in [-0.1, -0.05) is 58.4 Å². The smallest absolute Gasteiger partial charge is 0.0416 e. The SMILES string of the molecule is CCCCCC(CCCCC)NCCc1ccccn1. The fraction of sp³-hybridized carbons (Fsp3) is 0.722. The summed E-state index contributed by atoms with van der Waals surface area (Å²) in [5.74, 6) is 0. The summed E-state index contributed by atoms with van der Waals surface area (Å²) < 4.78 is 0. The van der Waals surface area contributed by atoms with Crippen LogP contribution >= 0.6 is 0 Å². The van der Waals surface area contributed by atoms with E-state index in [-0.39, 0.29) is 0 Å². The van der Waals surface area contributed by atoms with Gasteiger partial charge in [-0.25, -0.2) is 0 Å². The van der Waals surface area contributed by atoms with Gasteiger partial charge < -0.3 is 5.32 Å². The van der Waals surface area contributed by atoms with Crippen molar-refractivity contribution in [3.8, 4) is 0 Å². The fourth-order valence-electron chi connectivity index (χ4n) is 2.58. The molecule has 1 heterocycles. The molecule has 1 aromatic rings. The molecule has 0 unspecified atom stereocenters. The zero-order valence-electron chi connectivity index (χ0n) is 13.4. The van der Waals surface area contributed by atoms with Gasteiger partial charge in [0.25, 0.3) is 0 Å². The van der Waals surface area contributed by atoms with Crippen molar-refractivity contribution in [3.05, 3.63) is 30.1 Å². The molecular weight excluding hydrogens is 244 g/mol. The number of nitrogens with one attached hydrogen (secondary N) is 1. The van der Waals surface area contributed by atoms with Gasteiger partial charge in [0.1, 0.15) is 0 Å². The maximum absolute atomic E-state index is 4.39. The first-order chi connectivity index (χ1) is 9.86. The van der Waals surface area contributed by atoms with Crippen LogP contribution in [0, 0.1) is 0 Å². The van der Waals surface area contributed by atoms with E-state index in [2.05, 4.69) is 36.3 Å². The van der Waals surface area contributed by atoms with Gasteiger partial charge in [-0.3, -0.25) is 4.98 Å². The molecule has 0 bridgehead atoms. The van der Waals surface area contributed by atoms with Crippen molar-refractivity contribution < 1.29 is 0 Å². The number of pyridine rings is 1. The Morgan fingerprint density at radius 2 is 1.70 bits per heavy atom. The second kappa shape index (κ2) is 11.9. The minimum atomic E-state index is 0.705. The molecule has 0 aliphatic rings. The zero-order valence-corrected chi connectivity index (χ0v) is 13.4. The molecule has 0 fully saturated rings. The van der Waals surface area contributed by atoms with E-state index in [9.17, 15) is 0 Å². The molecule has 2 heteroatoms. The molecule has 0 aliphatic heterocycles. The van der Waals surface area contributed by atoms with E-state index in [1.807, 2.05) is 12.3 Å². The van der Waals surface area contributed by atoms with Gasteiger partial charge in [0, 0.05) is 30.9 Å². The highest BCUT2D eigenvalue weighted by molar-refractivity contribution is 5.03. The van der Waals surface area contributed by atoms with Crippen molar-refractivity contribution in [1.29, 1.82) is 0 Å². The first-order valence-corrected chi connectivity index (χ1v) is 8.50. The molecule has 0 aliphatic carbocycles. The minimum absolute atomic E-state index is 0.705. The average Bonchev–Trinajstić information content (AvgIpc) is 2.48. The lowest BCUT2D eigenvalue weighted by molar-refractivity contribution is 0.420. The van der Waals surface area contributed by atoms with Crippen LogP contribution in [0.25, 0.3) is 0 Å². The van der Waals surface area contributed by atoms with Gasteiger partial charge in [-0.2, -0.15) is 0 Å². The molecular formula is C18H32N2. The fourth-order valence-corrected chi connectivity index (χ4v) is 2.58. The first-order valence-electron chi connectivity index (χ1n) is 8.50. The van der Waals surface area contributed by atoms with E-state index >= 15 is 0 Å². The predicted octanol–water partition coefficient (Wildman–Crippen LogP) is 4.74. The summed E-state index contributed by atoms with van der Waals surface area (Å²) in [6.07, 6.45) is 13.7. The van der Waals surface area contributed by atoms with Gasteiger partial charge in [-0.15, -0.1) is 0 Å². The average molecular weight is 276 g/mol. The largest absolute Gasteiger partial charge is 0.314 e. The third-order valence-electron chi connectivity index (χ3n) is 3.85. The molecule has 0 aromatic carbocycles. The highest BCUT2D eigenvalue weighted by atomic mass is 14.9. The first kappa shape index (κ1) is 17.2. The van der Waals surface area contributed by atoms with Crippen molar-refractivity contribution in [2.75, 3.05) is 6.54 Å². The van der Waals surface area contributed by atoms with E-state index in [4.69, 9.17) is 0 Å². The van der Waals surface area contributed by atoms with Crippen LogP contribution in [-0.4, -0.2) is 17.6 Å². The maximum Gasteiger partial charge on any atom is 0.0416 e. The van der Waals surface area contributed by atoms with E-state index < -0.39 is 0 Å². The number of hydrogen-bond acceptors (Lipinski definition) is 2. The van der Waals surface area contributed by atoms with Crippen LogP contribution in [0.4, 0.5) is 0 Å². The van der Waals surface area contributed by atoms with Gasteiger partial charge in [0.15, 0.2) is 0 Å². The van der Waals surface area contributed by atoms with Crippen LogP contribution in [0.15, 0.2) is 24.4 Å². The van der Waals surface area contributed by atoms with E-state index in [0.29, 0.717) is 6.04 Å². The Morgan fingerprint density at radius 1 is 1.00 bits per heavy atom. The summed E-state index contributed by atoms with van der Waals surface area (Å²) in [6, 6.07) is 6.87. The lowest BCUT2D eigenvalue weighted by Crippen LogP contribution is -2.31. The minimum Gasteiger partial charge on any atom is -0.314 e. The summed E-state index contributed by atoms with van der Waals surface area (Å²) in [6.45, 7) is 5.61. The Bertz CT molecular complexity index is 300. The van der Waals surface area contributed by atoms with E-state index in [1.54, 1.807) is 0 Å². The van der Waals surface area contributed by atoms with E-state index in [0.717, 1.165) is 13.0 Å². The Kier molecular flexibility index (Phi) is 10.2. The van der Waals surface area contributed by atoms with Crippen molar-refractivity contribution in [3.63, 3.8) is 0 Å². The maximum atomic E-state index is 4.39. The van der Waals surface area contributed by atoms with Gasteiger partial charge in [-0.05, 0) is 25.0 Å². The molecule has 0 spiro atoms. The molecule has 1 N–H and O–H groups in total. The molecule has 0 atom stereocenters. The number of aromatic nitrogens is 1. The van der Waals surface area contributed by atoms with Crippen LogP contribution in [0.5, 0.6) is 0 Å². The van der Waals surface area contributed by atoms with Crippen LogP contribution in [0.3, 0.4) is 0 Å². The summed E-state index contributed by atoms with van der Waals surface area (Å²) in [4.78, 5) is 4.39. The summed E-state index contributed by atoms with van der Waals surface area (Å²) in [5, 5.41) is 3.75. The monoisotopic (exact) mass is 276 g/mol. The third-order valence-corrected chi connectivity index (χ3v) is 3.85. The number of hydrogen-bond donors (Lipinski definition) is 1. The van der Waals surface area contributed by atoms with Crippen molar-refractivity contribution >= 4 is 0 Å². The van der Waals surface area contributed by atoms with Crippen LogP contribution in [0.2, 0.25) is 0 Å². The quantitative estimate of drug-likeness (QED) is 0.558. The molecule has 0 radical (unpaired) electrons. The Morgan fingerprint density at radius 3 is 2.25 bits per heavy atom. The molecule has 0 saturated carbocycles. The van der Waals surface area contributed by atoms with Gasteiger partial charge in [0.05, 0.1) is 0 Å². The molecule has 1 aromatic heterocycles. The number of rotatable bonds is 12. The normalized spacial score (nSPS) is 11.2. The summed E-state index contributed by atoms with van der Waals surface area (Å²) in [5.41, 5.74) is 1.20. The predicted molar refractivity (Wildman–Crippen MR) is 88.0 cm³/mol. The van der Waals surface area contributed by atoms with Crippen molar-refractivity contribution in [2.45, 2.75) is 77.7 Å². The zero-order chi connectivity index (χ0) is 14.5. The lowest BCUT2D eigenvalue weighted by atomic mass is 10.0. The van der Waals surface area contributed by atoms with Crippen LogP contribution < -0.4 is 5.32 Å². The molecule has 114 valence electrons. The third kappa shape index (κ3) is 8.31. The lowest BCUT2D eigenvalue weighted by Gasteiger charge is -2.18. The van der Waals surface area contributed by atoms with Crippen LogP contribution in [-0.2, 0) is 6.42 Å². The standard InChI is InChI=1S/C18H32N2/c1-3-5-7-11-17(12-8-6-4-2)20-16-14-18-13-9-10-15-19-18/h9-10,13,15,17,20H,3-8,11-12,14,16H2,1-2H3. The molecule has 20 heavy (non-hydrogen) atoms. The van der Waals surface area contributed by atoms with E-state index in [1.165, 1.54) is 57.1 Å². The Hall–Kier alpha value is -0.890. The topological polar surface area (TPSA) is 24.9 Å². The second-order valence-corrected chi connectivity index (χ2v) is 5.71. The van der Waals surface area contributed by atoms with Gasteiger partial charge >= 0.3 is 0 Å². The molecule has 1 rings (SSSR count). The Labute approximate surface area is 125 Å². The number of nitrogens with zero attached hydrogens (tertiary/aromatic N) is 1. The van der Waals surface area contributed by atoms with Crippen molar-refractivity contribution in [2.24, 2.45) is 0 Å². The Balaban J connectivity index is 2.23. The highest BCUT2D eigenvalue weighted by Crippen LogP contribution is 2.11. The summed E-state index contributed by atoms with van der Waals surface area (Å²) in [7, 11) is 0.